The second-order valence-corrected chi connectivity index (χ2v) is 7.30. The third-order valence-corrected chi connectivity index (χ3v) is 5.28. The Labute approximate surface area is 167 Å². The van der Waals surface area contributed by atoms with Gasteiger partial charge < -0.3 is 10.6 Å². The molecule has 28 heavy (non-hydrogen) atoms. The van der Waals surface area contributed by atoms with E-state index in [-0.39, 0.29) is 23.2 Å². The van der Waals surface area contributed by atoms with Crippen LogP contribution in [0.4, 0.5) is 11.4 Å². The van der Waals surface area contributed by atoms with Crippen molar-refractivity contribution in [3.8, 4) is 0 Å². The SMILES string of the molecule is CC[C@@H](NC(=O)c1ccc(NCc2cccs2)c([N+](=O)[O-])c1)c1ccccc1. The summed E-state index contributed by atoms with van der Waals surface area (Å²) in [6.45, 7) is 2.48. The summed E-state index contributed by atoms with van der Waals surface area (Å²) in [5.41, 5.74) is 1.55. The first-order valence-electron chi connectivity index (χ1n) is 8.99. The first kappa shape index (κ1) is 19.6. The molecule has 3 aromatic rings. The fourth-order valence-corrected chi connectivity index (χ4v) is 3.56. The molecule has 1 heterocycles. The van der Waals surface area contributed by atoms with E-state index in [4.69, 9.17) is 0 Å². The zero-order chi connectivity index (χ0) is 19.9. The molecular weight excluding hydrogens is 374 g/mol. The molecule has 0 saturated heterocycles. The number of nitrogens with zero attached hydrogens (tertiary/aromatic N) is 1. The Bertz CT molecular complexity index is 943. The van der Waals surface area contributed by atoms with Gasteiger partial charge >= 0.3 is 0 Å². The highest BCUT2D eigenvalue weighted by Gasteiger charge is 2.19. The van der Waals surface area contributed by atoms with Gasteiger partial charge in [0.05, 0.1) is 11.0 Å². The van der Waals surface area contributed by atoms with Gasteiger partial charge in [0.1, 0.15) is 5.69 Å². The van der Waals surface area contributed by atoms with Crippen LogP contribution in [0.15, 0.2) is 66.0 Å². The lowest BCUT2D eigenvalue weighted by Crippen LogP contribution is -2.28. The molecule has 0 aliphatic rings. The van der Waals surface area contributed by atoms with Crippen molar-refractivity contribution in [1.29, 1.82) is 0 Å². The van der Waals surface area contributed by atoms with E-state index in [1.54, 1.807) is 23.5 Å². The molecular formula is C21H21N3O3S. The predicted molar refractivity (Wildman–Crippen MR) is 112 cm³/mol. The number of nitrogens with one attached hydrogen (secondary N) is 2. The van der Waals surface area contributed by atoms with E-state index in [1.807, 2.05) is 54.8 Å². The fraction of sp³-hybridized carbons (Fsp3) is 0.190. The number of benzene rings is 2. The molecule has 0 aliphatic carbocycles. The highest BCUT2D eigenvalue weighted by Crippen LogP contribution is 2.27. The Morgan fingerprint density at radius 3 is 2.57 bits per heavy atom. The summed E-state index contributed by atoms with van der Waals surface area (Å²) in [5.74, 6) is -0.330. The van der Waals surface area contributed by atoms with Crippen LogP contribution in [0, 0.1) is 10.1 Å². The summed E-state index contributed by atoms with van der Waals surface area (Å²) in [7, 11) is 0. The van der Waals surface area contributed by atoms with E-state index < -0.39 is 4.92 Å². The van der Waals surface area contributed by atoms with Gasteiger partial charge in [-0.05, 0) is 35.6 Å². The first-order chi connectivity index (χ1) is 13.6. The Morgan fingerprint density at radius 2 is 1.93 bits per heavy atom. The zero-order valence-electron chi connectivity index (χ0n) is 15.4. The minimum atomic E-state index is -0.470. The van der Waals surface area contributed by atoms with Crippen LogP contribution in [0.1, 0.15) is 40.2 Å². The highest BCUT2D eigenvalue weighted by atomic mass is 32.1. The molecule has 144 valence electrons. The number of carbonyl (C=O) groups excluding carboxylic acids is 1. The van der Waals surface area contributed by atoms with Crippen LogP contribution < -0.4 is 10.6 Å². The molecule has 0 bridgehead atoms. The van der Waals surface area contributed by atoms with Crippen molar-refractivity contribution in [2.45, 2.75) is 25.9 Å². The summed E-state index contributed by atoms with van der Waals surface area (Å²) in [4.78, 5) is 24.8. The normalized spacial score (nSPS) is 11.6. The van der Waals surface area contributed by atoms with E-state index in [9.17, 15) is 14.9 Å². The van der Waals surface area contributed by atoms with E-state index in [2.05, 4.69) is 10.6 Å². The topological polar surface area (TPSA) is 84.3 Å². The number of thiophene rings is 1. The summed E-state index contributed by atoms with van der Waals surface area (Å²) in [6, 6.07) is 17.9. The monoisotopic (exact) mass is 395 g/mol. The third-order valence-electron chi connectivity index (χ3n) is 4.41. The zero-order valence-corrected chi connectivity index (χ0v) is 16.2. The summed E-state index contributed by atoms with van der Waals surface area (Å²) >= 11 is 1.58. The van der Waals surface area contributed by atoms with Crippen molar-refractivity contribution in [2.75, 3.05) is 5.32 Å². The predicted octanol–water partition coefficient (Wildman–Crippen LogP) is 5.15. The van der Waals surface area contributed by atoms with Gasteiger partial charge in [-0.3, -0.25) is 14.9 Å². The second kappa shape index (κ2) is 9.14. The van der Waals surface area contributed by atoms with Gasteiger partial charge in [0.25, 0.3) is 11.6 Å². The number of amides is 1. The van der Waals surface area contributed by atoms with Gasteiger partial charge in [-0.1, -0.05) is 43.3 Å². The maximum atomic E-state index is 12.7. The van der Waals surface area contributed by atoms with E-state index in [0.29, 0.717) is 12.2 Å². The van der Waals surface area contributed by atoms with Gasteiger partial charge in [0, 0.05) is 23.1 Å². The van der Waals surface area contributed by atoms with Crippen LogP contribution >= 0.6 is 11.3 Å². The van der Waals surface area contributed by atoms with Crippen LogP contribution in [0.2, 0.25) is 0 Å². The van der Waals surface area contributed by atoms with Crippen LogP contribution in [-0.2, 0) is 6.54 Å². The largest absolute Gasteiger partial charge is 0.375 e. The Morgan fingerprint density at radius 1 is 1.14 bits per heavy atom. The van der Waals surface area contributed by atoms with Crippen LogP contribution in [0.3, 0.4) is 0 Å². The Kier molecular flexibility index (Phi) is 6.39. The highest BCUT2D eigenvalue weighted by molar-refractivity contribution is 7.09. The molecule has 0 spiro atoms. The minimum Gasteiger partial charge on any atom is -0.375 e. The number of hydrogen-bond donors (Lipinski definition) is 2. The first-order valence-corrected chi connectivity index (χ1v) is 9.87. The van der Waals surface area contributed by atoms with E-state index >= 15 is 0 Å². The molecule has 3 rings (SSSR count). The molecule has 0 fully saturated rings. The number of hydrogen-bond acceptors (Lipinski definition) is 5. The van der Waals surface area contributed by atoms with Crippen LogP contribution in [0.25, 0.3) is 0 Å². The van der Waals surface area contributed by atoms with Crippen molar-refractivity contribution in [1.82, 2.24) is 5.32 Å². The lowest BCUT2D eigenvalue weighted by molar-refractivity contribution is -0.384. The maximum Gasteiger partial charge on any atom is 0.293 e. The standard InChI is InChI=1S/C21H21N3O3S/c1-2-18(15-7-4-3-5-8-15)23-21(25)16-10-11-19(20(13-16)24(26)27)22-14-17-9-6-12-28-17/h3-13,18,22H,2,14H2,1H3,(H,23,25)/t18-/m1/s1. The number of anilines is 1. The van der Waals surface area contributed by atoms with Crippen molar-refractivity contribution in [3.05, 3.63) is 92.2 Å². The Balaban J connectivity index is 1.76. The quantitative estimate of drug-likeness (QED) is 0.408. The molecule has 7 heteroatoms. The van der Waals surface area contributed by atoms with Gasteiger partial charge in [-0.15, -0.1) is 11.3 Å². The Hall–Kier alpha value is -3.19. The molecule has 6 nitrogen and oxygen atoms in total. The second-order valence-electron chi connectivity index (χ2n) is 6.27. The van der Waals surface area contributed by atoms with Crippen molar-refractivity contribution in [3.63, 3.8) is 0 Å². The lowest BCUT2D eigenvalue weighted by Gasteiger charge is -2.17. The molecule has 0 saturated carbocycles. The maximum absolute atomic E-state index is 12.7. The molecule has 0 aliphatic heterocycles. The molecule has 0 unspecified atom stereocenters. The summed E-state index contributed by atoms with van der Waals surface area (Å²) in [5, 5.41) is 19.5. The molecule has 2 aromatic carbocycles. The average Bonchev–Trinajstić information content (AvgIpc) is 3.24. The summed E-state index contributed by atoms with van der Waals surface area (Å²) in [6.07, 6.45) is 0.721. The lowest BCUT2D eigenvalue weighted by atomic mass is 10.0. The molecule has 0 radical (unpaired) electrons. The van der Waals surface area contributed by atoms with Crippen LogP contribution in [0.5, 0.6) is 0 Å². The van der Waals surface area contributed by atoms with E-state index in [0.717, 1.165) is 16.9 Å². The van der Waals surface area contributed by atoms with Gasteiger partial charge in [0.2, 0.25) is 0 Å². The van der Waals surface area contributed by atoms with Crippen molar-refractivity contribution in [2.24, 2.45) is 0 Å². The third kappa shape index (κ3) is 4.75. The molecule has 1 atom stereocenters. The fourth-order valence-electron chi connectivity index (χ4n) is 2.92. The van der Waals surface area contributed by atoms with Gasteiger partial charge in [0.15, 0.2) is 0 Å². The van der Waals surface area contributed by atoms with Gasteiger partial charge in [-0.2, -0.15) is 0 Å². The molecule has 2 N–H and O–H groups in total. The average molecular weight is 395 g/mol. The molecule has 1 amide bonds. The van der Waals surface area contributed by atoms with Crippen LogP contribution in [-0.4, -0.2) is 10.8 Å². The van der Waals surface area contributed by atoms with Crippen molar-refractivity contribution >= 4 is 28.6 Å². The summed E-state index contributed by atoms with van der Waals surface area (Å²) < 4.78 is 0. The van der Waals surface area contributed by atoms with Crippen molar-refractivity contribution < 1.29 is 9.72 Å². The minimum absolute atomic E-state index is 0.114. The number of rotatable bonds is 8. The molecule has 1 aromatic heterocycles. The smallest absolute Gasteiger partial charge is 0.293 e. The number of nitro benzene ring substituents is 1. The number of carbonyl (C=O) groups is 1. The van der Waals surface area contributed by atoms with E-state index in [1.165, 1.54) is 6.07 Å². The van der Waals surface area contributed by atoms with Gasteiger partial charge in [-0.25, -0.2) is 0 Å². The number of nitro groups is 1.